The quantitative estimate of drug-likeness (QED) is 0.765. The fourth-order valence-corrected chi connectivity index (χ4v) is 1.11. The predicted octanol–water partition coefficient (Wildman–Crippen LogP) is 1.14. The van der Waals surface area contributed by atoms with Gasteiger partial charge in [0, 0.05) is 13.0 Å². The van der Waals surface area contributed by atoms with Crippen molar-refractivity contribution in [2.75, 3.05) is 6.54 Å². The first-order valence-electron chi connectivity index (χ1n) is 5.33. The number of carbonyl (C=O) groups is 1. The minimum absolute atomic E-state index is 0.202. The second-order valence-electron chi connectivity index (χ2n) is 3.90. The Labute approximate surface area is 89.7 Å². The molecular weight excluding hydrogens is 192 g/mol. The van der Waals surface area contributed by atoms with Crippen molar-refractivity contribution < 1.29 is 4.79 Å². The Kier molecular flexibility index (Phi) is 4.27. The molecule has 0 aliphatic rings. The molecule has 1 heterocycles. The number of nitrogens with zero attached hydrogens (tertiary/aromatic N) is 2. The zero-order chi connectivity index (χ0) is 11.3. The Hall–Kier alpha value is -1.39. The van der Waals surface area contributed by atoms with Crippen molar-refractivity contribution >= 4 is 5.91 Å². The van der Waals surface area contributed by atoms with Gasteiger partial charge in [-0.3, -0.25) is 9.89 Å². The number of hydrogen-bond acceptors (Lipinski definition) is 3. The van der Waals surface area contributed by atoms with Crippen LogP contribution in [0.5, 0.6) is 0 Å². The molecule has 0 aliphatic carbocycles. The van der Waals surface area contributed by atoms with Crippen LogP contribution in [0.2, 0.25) is 0 Å². The van der Waals surface area contributed by atoms with E-state index in [-0.39, 0.29) is 11.7 Å². The highest BCUT2D eigenvalue weighted by atomic mass is 16.2. The van der Waals surface area contributed by atoms with Gasteiger partial charge in [-0.15, -0.1) is 5.10 Å². The van der Waals surface area contributed by atoms with E-state index in [1.54, 1.807) is 0 Å². The first kappa shape index (κ1) is 11.7. The van der Waals surface area contributed by atoms with Gasteiger partial charge in [-0.1, -0.05) is 20.8 Å². The van der Waals surface area contributed by atoms with Crippen molar-refractivity contribution in [2.24, 2.45) is 5.92 Å². The van der Waals surface area contributed by atoms with Crippen LogP contribution >= 0.6 is 0 Å². The molecule has 5 heteroatoms. The molecule has 15 heavy (non-hydrogen) atoms. The van der Waals surface area contributed by atoms with E-state index in [0.717, 1.165) is 18.7 Å². The van der Waals surface area contributed by atoms with Gasteiger partial charge in [0.25, 0.3) is 5.91 Å². The molecule has 0 spiro atoms. The van der Waals surface area contributed by atoms with Crippen molar-refractivity contribution in [3.63, 3.8) is 0 Å². The molecule has 0 bridgehead atoms. The molecule has 0 saturated heterocycles. The Morgan fingerprint density at radius 3 is 2.80 bits per heavy atom. The fraction of sp³-hybridized carbons (Fsp3) is 0.700. The largest absolute Gasteiger partial charge is 0.349 e. The summed E-state index contributed by atoms with van der Waals surface area (Å²) < 4.78 is 0. The summed E-state index contributed by atoms with van der Waals surface area (Å²) in [5.41, 5.74) is 0. The number of H-pyrrole nitrogens is 1. The van der Waals surface area contributed by atoms with Crippen LogP contribution in [0.25, 0.3) is 0 Å². The zero-order valence-corrected chi connectivity index (χ0v) is 9.50. The number of amides is 1. The molecule has 0 fully saturated rings. The van der Waals surface area contributed by atoms with Gasteiger partial charge in [-0.2, -0.15) is 0 Å². The van der Waals surface area contributed by atoms with Gasteiger partial charge in [0.05, 0.1) is 0 Å². The summed E-state index contributed by atoms with van der Waals surface area (Å²) in [6.07, 6.45) is 1.73. The lowest BCUT2D eigenvalue weighted by Crippen LogP contribution is -2.26. The Morgan fingerprint density at radius 2 is 2.27 bits per heavy atom. The number of aromatic nitrogens is 3. The molecule has 0 radical (unpaired) electrons. The lowest BCUT2D eigenvalue weighted by molar-refractivity contribution is 0.0942. The molecule has 1 rings (SSSR count). The first-order chi connectivity index (χ1) is 7.13. The number of carbonyl (C=O) groups excluding carboxylic acids is 1. The van der Waals surface area contributed by atoms with E-state index in [0.29, 0.717) is 12.5 Å². The Balaban J connectivity index is 2.40. The second-order valence-corrected chi connectivity index (χ2v) is 3.90. The van der Waals surface area contributed by atoms with Crippen LogP contribution < -0.4 is 5.32 Å². The van der Waals surface area contributed by atoms with E-state index < -0.39 is 0 Å². The molecule has 1 aromatic rings. The summed E-state index contributed by atoms with van der Waals surface area (Å²) >= 11 is 0. The summed E-state index contributed by atoms with van der Waals surface area (Å²) in [6.45, 7) is 6.87. The zero-order valence-electron chi connectivity index (χ0n) is 9.50. The predicted molar refractivity (Wildman–Crippen MR) is 57.5 cm³/mol. The monoisotopic (exact) mass is 210 g/mol. The van der Waals surface area contributed by atoms with E-state index in [1.807, 2.05) is 6.92 Å². The summed E-state index contributed by atoms with van der Waals surface area (Å²) in [6, 6.07) is 0. The molecule has 0 aromatic carbocycles. The van der Waals surface area contributed by atoms with Crippen molar-refractivity contribution in [1.29, 1.82) is 0 Å². The van der Waals surface area contributed by atoms with Gasteiger partial charge in [-0.25, -0.2) is 4.98 Å². The summed E-state index contributed by atoms with van der Waals surface area (Å²) in [5.74, 6) is 1.36. The van der Waals surface area contributed by atoms with E-state index in [1.165, 1.54) is 0 Å². The molecule has 84 valence electrons. The van der Waals surface area contributed by atoms with Gasteiger partial charge in [-0.05, 0) is 12.3 Å². The highest BCUT2D eigenvalue weighted by Gasteiger charge is 2.10. The van der Waals surface area contributed by atoms with Crippen LogP contribution in [0.4, 0.5) is 0 Å². The third-order valence-corrected chi connectivity index (χ3v) is 2.08. The molecule has 0 atom stereocenters. The van der Waals surface area contributed by atoms with Crippen LogP contribution in [0.15, 0.2) is 0 Å². The highest BCUT2D eigenvalue weighted by Crippen LogP contribution is 1.97. The fourth-order valence-electron chi connectivity index (χ4n) is 1.11. The average Bonchev–Trinajstić information content (AvgIpc) is 2.65. The van der Waals surface area contributed by atoms with Gasteiger partial charge in [0.15, 0.2) is 0 Å². The first-order valence-corrected chi connectivity index (χ1v) is 5.33. The van der Waals surface area contributed by atoms with Gasteiger partial charge < -0.3 is 5.32 Å². The van der Waals surface area contributed by atoms with E-state index in [9.17, 15) is 4.79 Å². The average molecular weight is 210 g/mol. The van der Waals surface area contributed by atoms with Gasteiger partial charge >= 0.3 is 0 Å². The minimum atomic E-state index is -0.202. The maximum atomic E-state index is 11.5. The Bertz CT molecular complexity index is 319. The Morgan fingerprint density at radius 1 is 1.53 bits per heavy atom. The van der Waals surface area contributed by atoms with Crippen LogP contribution in [-0.4, -0.2) is 27.6 Å². The maximum absolute atomic E-state index is 11.5. The second kappa shape index (κ2) is 5.48. The third-order valence-electron chi connectivity index (χ3n) is 2.08. The topological polar surface area (TPSA) is 70.7 Å². The molecule has 5 nitrogen and oxygen atoms in total. The summed E-state index contributed by atoms with van der Waals surface area (Å²) in [4.78, 5) is 15.5. The normalized spacial score (nSPS) is 10.7. The number of rotatable bonds is 5. The third kappa shape index (κ3) is 3.69. The van der Waals surface area contributed by atoms with Crippen LogP contribution in [0.1, 0.15) is 43.6 Å². The van der Waals surface area contributed by atoms with Gasteiger partial charge in [0.1, 0.15) is 5.82 Å². The molecule has 0 unspecified atom stereocenters. The molecule has 0 saturated carbocycles. The van der Waals surface area contributed by atoms with Gasteiger partial charge in [0.2, 0.25) is 5.82 Å². The van der Waals surface area contributed by atoms with E-state index in [4.69, 9.17) is 0 Å². The standard InChI is InChI=1S/C10H18N4O/c1-4-8-12-9(14-13-8)10(15)11-6-5-7(2)3/h7H,4-6H2,1-3H3,(H,11,15)(H,12,13,14). The maximum Gasteiger partial charge on any atom is 0.290 e. The molecular formula is C10H18N4O. The summed E-state index contributed by atoms with van der Waals surface area (Å²) in [5, 5.41) is 9.33. The molecule has 1 aromatic heterocycles. The van der Waals surface area contributed by atoms with E-state index >= 15 is 0 Å². The van der Waals surface area contributed by atoms with Crippen LogP contribution in [0.3, 0.4) is 0 Å². The van der Waals surface area contributed by atoms with Crippen LogP contribution in [0, 0.1) is 5.92 Å². The number of aryl methyl sites for hydroxylation is 1. The van der Waals surface area contributed by atoms with Crippen LogP contribution in [-0.2, 0) is 6.42 Å². The summed E-state index contributed by atoms with van der Waals surface area (Å²) in [7, 11) is 0. The lowest BCUT2D eigenvalue weighted by Gasteiger charge is -2.04. The van der Waals surface area contributed by atoms with Crippen molar-refractivity contribution in [2.45, 2.75) is 33.6 Å². The lowest BCUT2D eigenvalue weighted by atomic mass is 10.1. The molecule has 1 amide bonds. The smallest absolute Gasteiger partial charge is 0.290 e. The molecule has 0 aliphatic heterocycles. The SMILES string of the molecule is CCc1nc(C(=O)NCCC(C)C)n[nH]1. The number of hydrogen-bond donors (Lipinski definition) is 2. The number of nitrogens with one attached hydrogen (secondary N) is 2. The minimum Gasteiger partial charge on any atom is -0.349 e. The molecule has 2 N–H and O–H groups in total. The van der Waals surface area contributed by atoms with Crippen molar-refractivity contribution in [3.8, 4) is 0 Å². The number of aromatic amines is 1. The highest BCUT2D eigenvalue weighted by molar-refractivity contribution is 5.90. The van der Waals surface area contributed by atoms with Crippen molar-refractivity contribution in [1.82, 2.24) is 20.5 Å². The van der Waals surface area contributed by atoms with Crippen molar-refractivity contribution in [3.05, 3.63) is 11.6 Å². The van der Waals surface area contributed by atoms with E-state index in [2.05, 4.69) is 34.3 Å².